The molecule has 1 fully saturated rings. The molecule has 0 spiro atoms. The zero-order valence-corrected chi connectivity index (χ0v) is 14.6. The number of pyridine rings is 1. The van der Waals surface area contributed by atoms with Crippen LogP contribution in [0.15, 0.2) is 47.9 Å². The second-order valence-electron chi connectivity index (χ2n) is 6.79. The minimum atomic E-state index is -0.400. The molecule has 134 valence electrons. The molecular formula is C18H25N5O2. The van der Waals surface area contributed by atoms with Gasteiger partial charge < -0.3 is 10.1 Å². The number of rotatable bonds is 5. The van der Waals surface area contributed by atoms with Crippen LogP contribution in [0.25, 0.3) is 0 Å². The van der Waals surface area contributed by atoms with Gasteiger partial charge in [0.05, 0.1) is 17.9 Å². The zero-order valence-electron chi connectivity index (χ0n) is 14.6. The number of hydrogen-bond donors (Lipinski definition) is 3. The van der Waals surface area contributed by atoms with Crippen LogP contribution in [0.2, 0.25) is 0 Å². The van der Waals surface area contributed by atoms with Gasteiger partial charge in [-0.1, -0.05) is 26.0 Å². The standard InChI is InChI=1S/C18H25N5O2/c1-12(2)7-15-10-17(22-23(15)19)13-8-16(9-13)25-18(24)21-11-14-5-3-4-6-20-14/h3-7,10,12-13,16,22H,8-9,11,19H2,1-2H3,(H,21,24)/t13-,16+. The van der Waals surface area contributed by atoms with Gasteiger partial charge in [0.1, 0.15) is 6.10 Å². The number of allylic oxidation sites excluding steroid dienone is 3. The van der Waals surface area contributed by atoms with E-state index in [9.17, 15) is 4.79 Å². The van der Waals surface area contributed by atoms with Crippen LogP contribution in [-0.4, -0.2) is 22.3 Å². The van der Waals surface area contributed by atoms with Crippen molar-refractivity contribution in [3.63, 3.8) is 0 Å². The summed E-state index contributed by atoms with van der Waals surface area (Å²) in [4.78, 5) is 16.0. The van der Waals surface area contributed by atoms with E-state index in [1.165, 1.54) is 0 Å². The summed E-state index contributed by atoms with van der Waals surface area (Å²) in [5.74, 6) is 6.72. The van der Waals surface area contributed by atoms with Gasteiger partial charge in [0, 0.05) is 17.8 Å². The molecule has 7 heteroatoms. The van der Waals surface area contributed by atoms with E-state index < -0.39 is 6.09 Å². The van der Waals surface area contributed by atoms with Gasteiger partial charge in [-0.3, -0.25) is 10.4 Å². The third-order valence-corrected chi connectivity index (χ3v) is 4.28. The van der Waals surface area contributed by atoms with Crippen LogP contribution in [0, 0.1) is 11.8 Å². The first-order valence-electron chi connectivity index (χ1n) is 8.60. The number of amides is 1. The van der Waals surface area contributed by atoms with Gasteiger partial charge in [0.15, 0.2) is 0 Å². The Kier molecular flexibility index (Phi) is 5.23. The summed E-state index contributed by atoms with van der Waals surface area (Å²) in [5, 5.41) is 4.27. The molecule has 0 aromatic carbocycles. The smallest absolute Gasteiger partial charge is 0.407 e. The highest BCUT2D eigenvalue weighted by molar-refractivity contribution is 5.67. The lowest BCUT2D eigenvalue weighted by atomic mass is 9.80. The van der Waals surface area contributed by atoms with Crippen molar-refractivity contribution in [3.05, 3.63) is 53.6 Å². The molecule has 0 unspecified atom stereocenters. The quantitative estimate of drug-likeness (QED) is 0.710. The number of nitrogens with two attached hydrogens (primary N) is 1. The Hall–Kier alpha value is -2.54. The molecule has 1 aliphatic heterocycles. The fraction of sp³-hybridized carbons (Fsp3) is 0.444. The maximum atomic E-state index is 11.8. The molecule has 4 N–H and O–H groups in total. The number of ether oxygens (including phenoxy) is 1. The van der Waals surface area contributed by atoms with E-state index in [0.29, 0.717) is 18.4 Å². The first-order valence-corrected chi connectivity index (χ1v) is 8.60. The molecule has 1 saturated carbocycles. The molecule has 2 aliphatic rings. The Morgan fingerprint density at radius 2 is 2.32 bits per heavy atom. The van der Waals surface area contributed by atoms with Crippen LogP contribution in [0.3, 0.4) is 0 Å². The number of alkyl carbamates (subject to hydrolysis) is 1. The Labute approximate surface area is 147 Å². The van der Waals surface area contributed by atoms with Crippen molar-refractivity contribution in [2.24, 2.45) is 17.7 Å². The van der Waals surface area contributed by atoms with Gasteiger partial charge in [-0.25, -0.2) is 15.8 Å². The van der Waals surface area contributed by atoms with Crippen LogP contribution in [0.5, 0.6) is 0 Å². The average Bonchev–Trinajstić information content (AvgIpc) is 2.89. The maximum Gasteiger partial charge on any atom is 0.407 e. The molecular weight excluding hydrogens is 318 g/mol. The minimum Gasteiger partial charge on any atom is -0.446 e. The Morgan fingerprint density at radius 3 is 3.00 bits per heavy atom. The average molecular weight is 343 g/mol. The number of hydrogen-bond acceptors (Lipinski definition) is 6. The molecule has 25 heavy (non-hydrogen) atoms. The lowest BCUT2D eigenvalue weighted by Crippen LogP contribution is -2.43. The molecule has 1 aromatic rings. The molecule has 0 saturated heterocycles. The summed E-state index contributed by atoms with van der Waals surface area (Å²) in [6.07, 6.45) is 7.03. The Morgan fingerprint density at radius 1 is 1.52 bits per heavy atom. The molecule has 1 aromatic heterocycles. The van der Waals surface area contributed by atoms with Crippen LogP contribution in [0.1, 0.15) is 32.4 Å². The van der Waals surface area contributed by atoms with E-state index in [4.69, 9.17) is 10.6 Å². The monoisotopic (exact) mass is 343 g/mol. The number of hydrazine groups is 2. The van der Waals surface area contributed by atoms with Gasteiger partial charge in [-0.2, -0.15) is 0 Å². The van der Waals surface area contributed by atoms with Gasteiger partial charge in [-0.15, -0.1) is 0 Å². The molecule has 0 radical (unpaired) electrons. The largest absolute Gasteiger partial charge is 0.446 e. The topological polar surface area (TPSA) is 92.5 Å². The van der Waals surface area contributed by atoms with Gasteiger partial charge in [-0.05, 0) is 37.0 Å². The van der Waals surface area contributed by atoms with Crippen LogP contribution in [-0.2, 0) is 11.3 Å². The third kappa shape index (κ3) is 4.51. The van der Waals surface area contributed by atoms with Crippen LogP contribution in [0.4, 0.5) is 4.79 Å². The highest BCUT2D eigenvalue weighted by Gasteiger charge is 2.37. The van der Waals surface area contributed by atoms with E-state index in [-0.39, 0.29) is 6.10 Å². The van der Waals surface area contributed by atoms with E-state index in [1.54, 1.807) is 11.3 Å². The van der Waals surface area contributed by atoms with Gasteiger partial charge in [0.25, 0.3) is 0 Å². The zero-order chi connectivity index (χ0) is 17.8. The molecule has 3 rings (SSSR count). The number of aromatic nitrogens is 1. The van der Waals surface area contributed by atoms with Gasteiger partial charge in [0.2, 0.25) is 0 Å². The molecule has 0 atom stereocenters. The van der Waals surface area contributed by atoms with Crippen molar-refractivity contribution in [2.75, 3.05) is 0 Å². The number of carbonyl (C=O) groups excluding carboxylic acids is 1. The fourth-order valence-electron chi connectivity index (χ4n) is 2.92. The SMILES string of the molecule is CC(C)C=C1C=C([C@H]2C[C@@H](OC(=O)NCc3ccccn3)C2)NN1N. The number of carbonyl (C=O) groups is 1. The lowest BCUT2D eigenvalue weighted by molar-refractivity contribution is 0.0244. The first-order chi connectivity index (χ1) is 12.0. The Balaban J connectivity index is 1.41. The Bertz CT molecular complexity index is 665. The predicted molar refractivity (Wildman–Crippen MR) is 94.2 cm³/mol. The summed E-state index contributed by atoms with van der Waals surface area (Å²) >= 11 is 0. The van der Waals surface area contributed by atoms with E-state index in [2.05, 4.69) is 41.7 Å². The van der Waals surface area contributed by atoms with E-state index in [0.717, 1.165) is 29.9 Å². The molecule has 7 nitrogen and oxygen atoms in total. The van der Waals surface area contributed by atoms with Crippen molar-refractivity contribution >= 4 is 6.09 Å². The highest BCUT2D eigenvalue weighted by Crippen LogP contribution is 2.37. The highest BCUT2D eigenvalue weighted by atomic mass is 16.6. The predicted octanol–water partition coefficient (Wildman–Crippen LogP) is 2.20. The lowest BCUT2D eigenvalue weighted by Gasteiger charge is -2.35. The molecule has 1 aliphatic carbocycles. The van der Waals surface area contributed by atoms with E-state index in [1.807, 2.05) is 18.2 Å². The first kappa shape index (κ1) is 17.3. The third-order valence-electron chi connectivity index (χ3n) is 4.28. The normalized spacial score (nSPS) is 23.9. The summed E-state index contributed by atoms with van der Waals surface area (Å²) in [6.45, 7) is 4.60. The van der Waals surface area contributed by atoms with Crippen LogP contribution >= 0.6 is 0 Å². The van der Waals surface area contributed by atoms with Crippen molar-refractivity contribution in [1.29, 1.82) is 0 Å². The summed E-state index contributed by atoms with van der Waals surface area (Å²) in [6, 6.07) is 5.59. The van der Waals surface area contributed by atoms with Crippen molar-refractivity contribution < 1.29 is 9.53 Å². The second-order valence-corrected chi connectivity index (χ2v) is 6.79. The molecule has 1 amide bonds. The van der Waals surface area contributed by atoms with Gasteiger partial charge >= 0.3 is 6.09 Å². The maximum absolute atomic E-state index is 11.8. The summed E-state index contributed by atoms with van der Waals surface area (Å²) in [7, 11) is 0. The van der Waals surface area contributed by atoms with Crippen molar-refractivity contribution in [1.82, 2.24) is 20.8 Å². The minimum absolute atomic E-state index is 0.0548. The van der Waals surface area contributed by atoms with E-state index >= 15 is 0 Å². The molecule has 0 bridgehead atoms. The van der Waals surface area contributed by atoms with Crippen LogP contribution < -0.4 is 16.6 Å². The number of nitrogens with zero attached hydrogens (tertiary/aromatic N) is 2. The van der Waals surface area contributed by atoms with Crippen molar-refractivity contribution in [3.8, 4) is 0 Å². The summed E-state index contributed by atoms with van der Waals surface area (Å²) < 4.78 is 5.42. The van der Waals surface area contributed by atoms with Crippen molar-refractivity contribution in [2.45, 2.75) is 39.3 Å². The molecule has 2 heterocycles. The summed E-state index contributed by atoms with van der Waals surface area (Å²) in [5.41, 5.74) is 6.04. The number of nitrogens with one attached hydrogen (secondary N) is 2. The fourth-order valence-corrected chi connectivity index (χ4v) is 2.92. The second kappa shape index (κ2) is 7.57.